The van der Waals surface area contributed by atoms with Gasteiger partial charge in [0.15, 0.2) is 0 Å². The Morgan fingerprint density at radius 1 is 0.369 bits per heavy atom. The lowest BCUT2D eigenvalue weighted by molar-refractivity contribution is 0.294. The molecular formula is C60H61O4P. The molecule has 1 aliphatic heterocycles. The predicted octanol–water partition coefficient (Wildman–Crippen LogP) is 17.6. The van der Waals surface area contributed by atoms with Crippen LogP contribution in [0.5, 0.6) is 11.5 Å². The van der Waals surface area contributed by atoms with E-state index in [1.54, 1.807) is 0 Å². The van der Waals surface area contributed by atoms with Crippen LogP contribution in [0.4, 0.5) is 0 Å². The summed E-state index contributed by atoms with van der Waals surface area (Å²) in [5.41, 5.74) is 15.1. The van der Waals surface area contributed by atoms with Crippen molar-refractivity contribution < 1.29 is 18.5 Å². The molecule has 1 heterocycles. The summed E-state index contributed by atoms with van der Waals surface area (Å²) in [5, 5.41) is 3.90. The Hall–Kier alpha value is -5.93. The number of phosphoric ester groups is 1. The molecule has 8 aromatic rings. The van der Waals surface area contributed by atoms with Crippen LogP contribution in [0.1, 0.15) is 101 Å². The summed E-state index contributed by atoms with van der Waals surface area (Å²) < 4.78 is 26.6. The van der Waals surface area contributed by atoms with Gasteiger partial charge >= 0.3 is 7.82 Å². The average Bonchev–Trinajstić information content (AvgIpc) is 3.46. The molecule has 0 saturated carbocycles. The van der Waals surface area contributed by atoms with Crippen molar-refractivity contribution in [3.8, 4) is 67.1 Å². The second-order valence-electron chi connectivity index (χ2n) is 18.0. The molecule has 65 heavy (non-hydrogen) atoms. The van der Waals surface area contributed by atoms with Gasteiger partial charge in [0.1, 0.15) is 11.5 Å². The standard InChI is InChI=1S/C60H61O4P/c1-5-9-13-41-17-25-45(26-18-41)49-33-35-51-55(37-49)53(47-29-21-43(22-30-47)15-11-7-3)39-57-59(51)60-52-36-34-50(46-27-19-42(20-28-46)14-10-6-2)38-56(52)54(40-58(60)64-65(61,62)63-57)48-31-23-44(24-32-48)16-12-8-4/h17-40H,5-16H2,1-4H3,(H,61,62). The summed E-state index contributed by atoms with van der Waals surface area (Å²) >= 11 is 0. The lowest BCUT2D eigenvalue weighted by Crippen LogP contribution is -1.98. The van der Waals surface area contributed by atoms with Crippen molar-refractivity contribution in [2.75, 3.05) is 0 Å². The van der Waals surface area contributed by atoms with Gasteiger partial charge in [-0.1, -0.05) is 175 Å². The molecule has 1 N–H and O–H groups in total. The minimum atomic E-state index is -4.66. The van der Waals surface area contributed by atoms with Crippen molar-refractivity contribution in [1.29, 1.82) is 0 Å². The Morgan fingerprint density at radius 2 is 0.662 bits per heavy atom. The summed E-state index contributed by atoms with van der Waals surface area (Å²) in [5.74, 6) is 0.641. The Kier molecular flexibility index (Phi) is 13.4. The summed E-state index contributed by atoms with van der Waals surface area (Å²) in [6, 6.07) is 52.6. The number of unbranched alkanes of at least 4 members (excludes halogenated alkanes) is 4. The predicted molar refractivity (Wildman–Crippen MR) is 274 cm³/mol. The number of hydrogen-bond donors (Lipinski definition) is 1. The van der Waals surface area contributed by atoms with Gasteiger partial charge in [-0.3, -0.25) is 4.89 Å². The van der Waals surface area contributed by atoms with E-state index in [-0.39, 0.29) is 0 Å². The third-order valence-corrected chi connectivity index (χ3v) is 14.1. The fraction of sp³-hybridized carbons (Fsp3) is 0.267. The fourth-order valence-corrected chi connectivity index (χ4v) is 10.3. The van der Waals surface area contributed by atoms with Crippen molar-refractivity contribution in [2.45, 2.75) is 105 Å². The van der Waals surface area contributed by atoms with E-state index in [0.717, 1.165) is 129 Å². The van der Waals surface area contributed by atoms with E-state index in [1.165, 1.54) is 47.9 Å². The topological polar surface area (TPSA) is 55.8 Å². The Balaban J connectivity index is 1.29. The molecule has 0 fully saturated rings. The van der Waals surface area contributed by atoms with E-state index < -0.39 is 7.82 Å². The van der Waals surface area contributed by atoms with Crippen LogP contribution in [-0.2, 0) is 30.2 Å². The molecule has 4 nitrogen and oxygen atoms in total. The molecule has 0 atom stereocenters. The molecule has 0 saturated heterocycles. The lowest BCUT2D eigenvalue weighted by Gasteiger charge is -2.19. The quantitative estimate of drug-likeness (QED) is 0.0983. The zero-order valence-electron chi connectivity index (χ0n) is 38.5. The van der Waals surface area contributed by atoms with Crippen LogP contribution in [0.15, 0.2) is 146 Å². The number of fused-ring (bicyclic) bond motifs is 7. The molecule has 330 valence electrons. The van der Waals surface area contributed by atoms with E-state index in [0.29, 0.717) is 11.5 Å². The molecular weight excluding hydrogens is 816 g/mol. The second-order valence-corrected chi connectivity index (χ2v) is 19.3. The first-order valence-electron chi connectivity index (χ1n) is 24.1. The third-order valence-electron chi connectivity index (χ3n) is 13.3. The highest BCUT2D eigenvalue weighted by Crippen LogP contribution is 2.59. The number of rotatable bonds is 16. The van der Waals surface area contributed by atoms with Gasteiger partial charge in [0, 0.05) is 11.1 Å². The molecule has 0 bridgehead atoms. The molecule has 1 aliphatic rings. The summed E-state index contributed by atoms with van der Waals surface area (Å²) in [7, 11) is -4.66. The highest BCUT2D eigenvalue weighted by Gasteiger charge is 2.36. The fourth-order valence-electron chi connectivity index (χ4n) is 9.51. The molecule has 5 heteroatoms. The van der Waals surface area contributed by atoms with Gasteiger partial charge in [-0.25, -0.2) is 4.57 Å². The number of aryl methyl sites for hydroxylation is 4. The normalized spacial score (nSPS) is 12.9. The largest absolute Gasteiger partial charge is 0.584 e. The van der Waals surface area contributed by atoms with Crippen LogP contribution in [0.2, 0.25) is 0 Å². The summed E-state index contributed by atoms with van der Waals surface area (Å²) in [6.07, 6.45) is 13.4. The number of hydrogen-bond acceptors (Lipinski definition) is 3. The summed E-state index contributed by atoms with van der Waals surface area (Å²) in [4.78, 5) is 11.6. The third kappa shape index (κ3) is 9.58. The Bertz CT molecular complexity index is 2780. The zero-order valence-corrected chi connectivity index (χ0v) is 39.4. The SMILES string of the molecule is CCCCc1ccc(-c2ccc3c4c(cc(-c5ccc(CCCC)cc5)c3c2)OP(=O)(O)Oc2cc(-c3ccc(CCCC)cc3)c3cc(-c5ccc(CCCC)cc5)ccc3c2-4)cc1. The van der Waals surface area contributed by atoms with Crippen LogP contribution in [-0.4, -0.2) is 4.89 Å². The molecule has 0 unspecified atom stereocenters. The van der Waals surface area contributed by atoms with Gasteiger partial charge < -0.3 is 9.05 Å². The first-order valence-corrected chi connectivity index (χ1v) is 25.6. The maximum Gasteiger partial charge on any atom is 0.584 e. The number of phosphoric acid groups is 1. The first kappa shape index (κ1) is 44.3. The molecule has 8 aromatic carbocycles. The van der Waals surface area contributed by atoms with Gasteiger partial charge in [-0.2, -0.15) is 0 Å². The highest BCUT2D eigenvalue weighted by atomic mass is 31.2. The maximum atomic E-state index is 14.2. The van der Waals surface area contributed by atoms with Crippen LogP contribution in [0, 0.1) is 0 Å². The van der Waals surface area contributed by atoms with Crippen molar-refractivity contribution in [2.24, 2.45) is 0 Å². The molecule has 0 aliphatic carbocycles. The minimum Gasteiger partial charge on any atom is -0.394 e. The second kappa shape index (κ2) is 19.7. The number of benzene rings is 8. The van der Waals surface area contributed by atoms with Gasteiger partial charge in [-0.05, 0) is 164 Å². The highest BCUT2D eigenvalue weighted by molar-refractivity contribution is 7.48. The monoisotopic (exact) mass is 876 g/mol. The Labute approximate surface area is 385 Å². The molecule has 0 spiro atoms. The van der Waals surface area contributed by atoms with Gasteiger partial charge in [0.2, 0.25) is 0 Å². The van der Waals surface area contributed by atoms with Crippen LogP contribution in [0.3, 0.4) is 0 Å². The van der Waals surface area contributed by atoms with Crippen molar-refractivity contribution in [1.82, 2.24) is 0 Å². The average molecular weight is 877 g/mol. The minimum absolute atomic E-state index is 0.321. The van der Waals surface area contributed by atoms with Crippen LogP contribution < -0.4 is 9.05 Å². The van der Waals surface area contributed by atoms with E-state index in [1.807, 2.05) is 12.1 Å². The Morgan fingerprint density at radius 3 is 0.969 bits per heavy atom. The van der Waals surface area contributed by atoms with Crippen LogP contribution in [0.25, 0.3) is 77.2 Å². The summed E-state index contributed by atoms with van der Waals surface area (Å²) in [6.45, 7) is 8.90. The lowest BCUT2D eigenvalue weighted by atomic mass is 9.85. The molecule has 0 aromatic heterocycles. The molecule has 0 radical (unpaired) electrons. The van der Waals surface area contributed by atoms with Gasteiger partial charge in [-0.15, -0.1) is 0 Å². The maximum absolute atomic E-state index is 14.2. The van der Waals surface area contributed by atoms with E-state index in [9.17, 15) is 9.46 Å². The van der Waals surface area contributed by atoms with E-state index >= 15 is 0 Å². The van der Waals surface area contributed by atoms with Crippen molar-refractivity contribution in [3.63, 3.8) is 0 Å². The van der Waals surface area contributed by atoms with E-state index in [4.69, 9.17) is 9.05 Å². The van der Waals surface area contributed by atoms with Crippen molar-refractivity contribution in [3.05, 3.63) is 168 Å². The van der Waals surface area contributed by atoms with Crippen molar-refractivity contribution >= 4 is 29.4 Å². The molecule has 0 amide bonds. The smallest absolute Gasteiger partial charge is 0.394 e. The first-order chi connectivity index (χ1) is 31.7. The molecule has 9 rings (SSSR count). The van der Waals surface area contributed by atoms with Gasteiger partial charge in [0.25, 0.3) is 0 Å². The van der Waals surface area contributed by atoms with Gasteiger partial charge in [0.05, 0.1) is 0 Å². The zero-order chi connectivity index (χ0) is 44.9. The van der Waals surface area contributed by atoms with E-state index in [2.05, 4.69) is 161 Å². The van der Waals surface area contributed by atoms with Crippen LogP contribution >= 0.6 is 7.82 Å².